The Labute approximate surface area is 241 Å². The number of benzene rings is 2. The van der Waals surface area contributed by atoms with Crippen LogP contribution < -0.4 is 10.9 Å². The fourth-order valence-electron chi connectivity index (χ4n) is 4.76. The summed E-state index contributed by atoms with van der Waals surface area (Å²) in [5, 5.41) is 2.96. The van der Waals surface area contributed by atoms with E-state index in [2.05, 4.69) is 10.3 Å². The van der Waals surface area contributed by atoms with Gasteiger partial charge < -0.3 is 10.1 Å². The number of rotatable bonds is 9. The van der Waals surface area contributed by atoms with E-state index in [9.17, 15) is 22.8 Å². The number of hydrogen-bond acceptors (Lipinski definition) is 8. The Morgan fingerprint density at radius 2 is 1.73 bits per heavy atom. The van der Waals surface area contributed by atoms with Crippen LogP contribution in [0.1, 0.15) is 40.1 Å². The lowest BCUT2D eigenvalue weighted by molar-refractivity contribution is -0.116. The van der Waals surface area contributed by atoms with Gasteiger partial charge in [-0.15, -0.1) is 11.3 Å². The number of sulfonamides is 1. The molecule has 4 aromatic rings. The van der Waals surface area contributed by atoms with Crippen molar-refractivity contribution >= 4 is 49.1 Å². The number of piperidine rings is 1. The molecule has 3 heterocycles. The van der Waals surface area contributed by atoms with Crippen LogP contribution in [0.2, 0.25) is 0 Å². The molecule has 0 radical (unpaired) electrons. The first-order chi connectivity index (χ1) is 19.7. The maximum absolute atomic E-state index is 13.2. The van der Waals surface area contributed by atoms with E-state index in [1.54, 1.807) is 6.92 Å². The molecule has 2 aromatic heterocycles. The van der Waals surface area contributed by atoms with Crippen LogP contribution in [0.5, 0.6) is 0 Å². The summed E-state index contributed by atoms with van der Waals surface area (Å²) in [4.78, 5) is 43.8. The molecule has 0 atom stereocenters. The van der Waals surface area contributed by atoms with Crippen LogP contribution in [0, 0.1) is 6.92 Å². The summed E-state index contributed by atoms with van der Waals surface area (Å²) in [6, 6.07) is 15.7. The smallest absolute Gasteiger partial charge is 0.348 e. The highest BCUT2D eigenvalue weighted by atomic mass is 32.2. The number of aromatic nitrogens is 2. The van der Waals surface area contributed by atoms with E-state index < -0.39 is 27.5 Å². The SMILES string of the molecule is Cc1c(C(=O)OCCc2ccccc2)sc2ncn(CC(=O)Nc3ccc(S(=O)(=O)N4CCCCC4)cc3)c(=O)c12. The molecule has 1 aliphatic rings. The predicted molar refractivity (Wildman–Crippen MR) is 157 cm³/mol. The van der Waals surface area contributed by atoms with Crippen molar-refractivity contribution in [3.8, 4) is 0 Å². The Hall–Kier alpha value is -3.87. The molecule has 1 aliphatic heterocycles. The monoisotopic (exact) mass is 594 g/mol. The number of thiophene rings is 1. The quantitative estimate of drug-likeness (QED) is 0.290. The van der Waals surface area contributed by atoms with E-state index in [1.807, 2.05) is 30.3 Å². The molecule has 5 rings (SSSR count). The second-order valence-corrected chi connectivity index (χ2v) is 12.8. The van der Waals surface area contributed by atoms with Gasteiger partial charge in [-0.2, -0.15) is 4.31 Å². The first kappa shape index (κ1) is 28.7. The van der Waals surface area contributed by atoms with E-state index in [0.717, 1.165) is 36.2 Å². The highest BCUT2D eigenvalue weighted by Gasteiger charge is 2.26. The highest BCUT2D eigenvalue weighted by Crippen LogP contribution is 2.27. The normalized spacial score (nSPS) is 14.2. The summed E-state index contributed by atoms with van der Waals surface area (Å²) in [5.41, 5.74) is 1.48. The molecule has 41 heavy (non-hydrogen) atoms. The minimum absolute atomic E-state index is 0.172. The molecule has 1 N–H and O–H groups in total. The van der Waals surface area contributed by atoms with E-state index in [-0.39, 0.29) is 23.4 Å². The van der Waals surface area contributed by atoms with Crippen LogP contribution in [0.4, 0.5) is 5.69 Å². The van der Waals surface area contributed by atoms with Gasteiger partial charge in [-0.1, -0.05) is 36.8 Å². The van der Waals surface area contributed by atoms with Gasteiger partial charge in [0.2, 0.25) is 15.9 Å². The molecule has 1 amide bonds. The molecule has 0 saturated carbocycles. The summed E-state index contributed by atoms with van der Waals surface area (Å²) in [7, 11) is -3.57. The molecule has 0 spiro atoms. The summed E-state index contributed by atoms with van der Waals surface area (Å²) in [6.45, 7) is 2.59. The molecule has 10 nitrogen and oxygen atoms in total. The number of anilines is 1. The second-order valence-electron chi connectivity index (χ2n) is 9.82. The number of amides is 1. The molecule has 12 heteroatoms. The topological polar surface area (TPSA) is 128 Å². The van der Waals surface area contributed by atoms with Crippen LogP contribution in [0.25, 0.3) is 10.2 Å². The molecule has 0 unspecified atom stereocenters. The van der Waals surface area contributed by atoms with Gasteiger partial charge >= 0.3 is 5.97 Å². The largest absolute Gasteiger partial charge is 0.461 e. The lowest BCUT2D eigenvalue weighted by Crippen LogP contribution is -2.35. The number of hydrogen-bond donors (Lipinski definition) is 1. The van der Waals surface area contributed by atoms with Crippen LogP contribution in [-0.4, -0.2) is 53.8 Å². The zero-order valence-corrected chi connectivity index (χ0v) is 24.2. The standard InChI is InChI=1S/C29H30N4O6S2/c1-20-25-27(40-26(20)29(36)39-17-14-21-8-4-2-5-9-21)30-19-32(28(25)35)18-24(34)31-22-10-12-23(13-11-22)41(37,38)33-15-6-3-7-16-33/h2,4-5,8-13,19H,3,6-7,14-18H2,1H3,(H,31,34). The average molecular weight is 595 g/mol. The van der Waals surface area contributed by atoms with Gasteiger partial charge in [0.25, 0.3) is 5.56 Å². The van der Waals surface area contributed by atoms with Gasteiger partial charge in [0.1, 0.15) is 16.3 Å². The van der Waals surface area contributed by atoms with Crippen molar-refractivity contribution in [3.63, 3.8) is 0 Å². The summed E-state index contributed by atoms with van der Waals surface area (Å²) < 4.78 is 33.8. The Morgan fingerprint density at radius 3 is 2.44 bits per heavy atom. The molecular weight excluding hydrogens is 564 g/mol. The van der Waals surface area contributed by atoms with Gasteiger partial charge in [0.05, 0.1) is 23.2 Å². The maximum atomic E-state index is 13.2. The lowest BCUT2D eigenvalue weighted by atomic mass is 10.2. The number of nitrogens with zero attached hydrogens (tertiary/aromatic N) is 3. The lowest BCUT2D eigenvalue weighted by Gasteiger charge is -2.25. The average Bonchev–Trinajstić information content (AvgIpc) is 3.32. The Kier molecular flexibility index (Phi) is 8.62. The summed E-state index contributed by atoms with van der Waals surface area (Å²) in [5.74, 6) is -0.996. The van der Waals surface area contributed by atoms with Gasteiger partial charge in [-0.25, -0.2) is 18.2 Å². The van der Waals surface area contributed by atoms with Crippen molar-refractivity contribution in [3.05, 3.63) is 87.3 Å². The van der Waals surface area contributed by atoms with Crippen molar-refractivity contribution in [2.24, 2.45) is 0 Å². The second kappa shape index (κ2) is 12.3. The van der Waals surface area contributed by atoms with E-state index in [4.69, 9.17) is 4.74 Å². The number of carbonyl (C=O) groups is 2. The number of esters is 1. The minimum atomic E-state index is -3.57. The van der Waals surface area contributed by atoms with Crippen LogP contribution in [0.15, 0.2) is 70.6 Å². The third kappa shape index (κ3) is 6.39. The molecular formula is C29H30N4O6S2. The van der Waals surface area contributed by atoms with E-state index in [0.29, 0.717) is 40.5 Å². The number of nitrogens with one attached hydrogen (secondary N) is 1. The Morgan fingerprint density at radius 1 is 1.02 bits per heavy atom. The third-order valence-corrected chi connectivity index (χ3v) is 10.1. The first-order valence-corrected chi connectivity index (χ1v) is 15.6. The maximum Gasteiger partial charge on any atom is 0.348 e. The number of ether oxygens (including phenoxy) is 1. The zero-order chi connectivity index (χ0) is 29.0. The van der Waals surface area contributed by atoms with Crippen LogP contribution in [0.3, 0.4) is 0 Å². The fourth-order valence-corrected chi connectivity index (χ4v) is 7.31. The van der Waals surface area contributed by atoms with E-state index in [1.165, 1.54) is 39.5 Å². The summed E-state index contributed by atoms with van der Waals surface area (Å²) in [6.07, 6.45) is 4.57. The fraction of sp³-hybridized carbons (Fsp3) is 0.310. The minimum Gasteiger partial charge on any atom is -0.461 e. The van der Waals surface area contributed by atoms with Crippen LogP contribution in [-0.2, 0) is 32.5 Å². The Balaban J connectivity index is 1.24. The molecule has 0 aliphatic carbocycles. The van der Waals surface area contributed by atoms with Crippen molar-refractivity contribution in [2.75, 3.05) is 25.0 Å². The van der Waals surface area contributed by atoms with Crippen molar-refractivity contribution in [1.82, 2.24) is 13.9 Å². The zero-order valence-electron chi connectivity index (χ0n) is 22.5. The van der Waals surface area contributed by atoms with Crippen molar-refractivity contribution < 1.29 is 22.7 Å². The first-order valence-electron chi connectivity index (χ1n) is 13.3. The molecule has 214 valence electrons. The van der Waals surface area contributed by atoms with Gasteiger partial charge in [-0.05, 0) is 55.2 Å². The highest BCUT2D eigenvalue weighted by molar-refractivity contribution is 7.89. The van der Waals surface area contributed by atoms with Crippen molar-refractivity contribution in [2.45, 2.75) is 44.0 Å². The molecule has 1 saturated heterocycles. The number of aryl methyl sites for hydroxylation is 1. The third-order valence-electron chi connectivity index (χ3n) is 6.97. The van der Waals surface area contributed by atoms with Gasteiger partial charge in [-0.3, -0.25) is 14.2 Å². The van der Waals surface area contributed by atoms with Crippen LogP contribution >= 0.6 is 11.3 Å². The number of carbonyl (C=O) groups excluding carboxylic acids is 2. The molecule has 0 bridgehead atoms. The summed E-state index contributed by atoms with van der Waals surface area (Å²) >= 11 is 1.08. The van der Waals surface area contributed by atoms with Gasteiger partial charge in [0.15, 0.2) is 0 Å². The van der Waals surface area contributed by atoms with E-state index >= 15 is 0 Å². The van der Waals surface area contributed by atoms with Crippen molar-refractivity contribution in [1.29, 1.82) is 0 Å². The van der Waals surface area contributed by atoms with Gasteiger partial charge in [0, 0.05) is 25.2 Å². The predicted octanol–water partition coefficient (Wildman–Crippen LogP) is 3.98. The molecule has 2 aromatic carbocycles. The molecule has 1 fully saturated rings. The number of fused-ring (bicyclic) bond motifs is 1. The Bertz CT molecular complexity index is 1720.